The Balaban J connectivity index is 2.65. The molecule has 0 amide bonds. The molecular weight excluding hydrogens is 394 g/mol. The number of halogens is 5. The first-order valence-corrected chi connectivity index (χ1v) is 7.43. The summed E-state index contributed by atoms with van der Waals surface area (Å²) in [6, 6.07) is 1.17. The molecule has 1 heterocycles. The average Bonchev–Trinajstić information content (AvgIpc) is 2.60. The van der Waals surface area contributed by atoms with Crippen molar-refractivity contribution in [2.75, 3.05) is 11.5 Å². The Morgan fingerprint density at radius 1 is 1.07 bits per heavy atom. The molecule has 0 spiro atoms. The first-order chi connectivity index (χ1) is 12.6. The van der Waals surface area contributed by atoms with Crippen LogP contribution in [0.25, 0.3) is 16.6 Å². The molecule has 0 saturated carbocycles. The fourth-order valence-electron chi connectivity index (χ4n) is 2.59. The minimum atomic E-state index is -1.74. The van der Waals surface area contributed by atoms with Crippen LogP contribution in [0.5, 0.6) is 0 Å². The quantitative estimate of drug-likeness (QED) is 0.347. The van der Waals surface area contributed by atoms with Crippen molar-refractivity contribution in [1.29, 1.82) is 0 Å². The van der Waals surface area contributed by atoms with Crippen LogP contribution in [0.4, 0.5) is 28.9 Å². The van der Waals surface area contributed by atoms with E-state index in [1.807, 2.05) is 0 Å². The second-order valence-electron chi connectivity index (χ2n) is 5.45. The molecule has 0 aliphatic carbocycles. The highest BCUT2D eigenvalue weighted by Gasteiger charge is 2.26. The monoisotopic (exact) mass is 401 g/mol. The molecule has 1 aromatic heterocycles. The van der Waals surface area contributed by atoms with E-state index in [1.54, 1.807) is 0 Å². The molecule has 3 rings (SSSR count). The molecule has 0 radical (unpaired) electrons. The van der Waals surface area contributed by atoms with Crippen LogP contribution in [-0.4, -0.2) is 15.6 Å². The van der Waals surface area contributed by atoms with E-state index < -0.39 is 73.2 Å². The minimum Gasteiger partial charge on any atom is -0.477 e. The van der Waals surface area contributed by atoms with Crippen molar-refractivity contribution in [3.63, 3.8) is 0 Å². The summed E-state index contributed by atoms with van der Waals surface area (Å²) >= 11 is 5.78. The van der Waals surface area contributed by atoms with Crippen molar-refractivity contribution in [2.24, 2.45) is 0 Å². The molecule has 3 aromatic rings. The van der Waals surface area contributed by atoms with Gasteiger partial charge < -0.3 is 21.1 Å². The summed E-state index contributed by atoms with van der Waals surface area (Å²) in [5, 5.41) is 7.49. The van der Waals surface area contributed by atoms with Crippen LogP contribution in [0.2, 0.25) is 5.02 Å². The van der Waals surface area contributed by atoms with Crippen LogP contribution in [0.3, 0.4) is 0 Å². The fourth-order valence-corrected chi connectivity index (χ4v) is 2.86. The van der Waals surface area contributed by atoms with Crippen LogP contribution in [0, 0.1) is 23.3 Å². The molecule has 0 aliphatic rings. The average molecular weight is 402 g/mol. The van der Waals surface area contributed by atoms with Gasteiger partial charge in [0.25, 0.3) is 0 Å². The van der Waals surface area contributed by atoms with Crippen LogP contribution < -0.4 is 16.9 Å². The third kappa shape index (κ3) is 2.65. The number of aromatic nitrogens is 1. The molecule has 0 saturated heterocycles. The van der Waals surface area contributed by atoms with Crippen molar-refractivity contribution in [1.82, 2.24) is 4.57 Å². The van der Waals surface area contributed by atoms with Gasteiger partial charge in [-0.15, -0.1) is 0 Å². The molecule has 0 fully saturated rings. The number of pyridine rings is 1. The number of hydrogen-bond donors (Lipinski definition) is 3. The van der Waals surface area contributed by atoms with E-state index >= 15 is 0 Å². The standard InChI is InChI=1S/C16H8ClF4N3O3/c17-10-11(20)12(21)13(23)9-14(10)24(3-4(15(9)25)16(26)27)8-2-7(22)5(18)1-6(8)19/h1-3H,22-23H2,(H,26,27). The van der Waals surface area contributed by atoms with Crippen LogP contribution in [-0.2, 0) is 0 Å². The molecule has 0 atom stereocenters. The Bertz CT molecular complexity index is 1210. The number of carbonyl (C=O) groups is 1. The third-order valence-electron chi connectivity index (χ3n) is 3.86. The normalized spacial score (nSPS) is 11.1. The van der Waals surface area contributed by atoms with Gasteiger partial charge in [-0.3, -0.25) is 4.79 Å². The fraction of sp³-hybridized carbons (Fsp3) is 0. The minimum absolute atomic E-state index is 0.395. The number of carboxylic acids is 1. The molecule has 0 unspecified atom stereocenters. The lowest BCUT2D eigenvalue weighted by molar-refractivity contribution is 0.0695. The Morgan fingerprint density at radius 3 is 2.30 bits per heavy atom. The van der Waals surface area contributed by atoms with Gasteiger partial charge in [0.2, 0.25) is 5.43 Å². The molecule has 6 nitrogen and oxygen atoms in total. The second-order valence-corrected chi connectivity index (χ2v) is 5.83. The van der Waals surface area contributed by atoms with Gasteiger partial charge in [0.1, 0.15) is 22.2 Å². The van der Waals surface area contributed by atoms with Crippen molar-refractivity contribution in [2.45, 2.75) is 0 Å². The summed E-state index contributed by atoms with van der Waals surface area (Å²) in [4.78, 5) is 23.8. The number of aromatic carboxylic acids is 1. The molecule has 0 aliphatic heterocycles. The Kier molecular flexibility index (Phi) is 4.23. The first-order valence-electron chi connectivity index (χ1n) is 7.05. The summed E-state index contributed by atoms with van der Waals surface area (Å²) < 4.78 is 56.4. The lowest BCUT2D eigenvalue weighted by Crippen LogP contribution is -2.21. The highest BCUT2D eigenvalue weighted by Crippen LogP contribution is 2.35. The van der Waals surface area contributed by atoms with E-state index in [1.165, 1.54) is 0 Å². The Labute approximate surface area is 152 Å². The van der Waals surface area contributed by atoms with Gasteiger partial charge in [0.05, 0.1) is 28.0 Å². The van der Waals surface area contributed by atoms with Crippen molar-refractivity contribution in [3.8, 4) is 5.69 Å². The predicted octanol–water partition coefficient (Wildman–Crippen LogP) is 3.06. The second kappa shape index (κ2) is 6.16. The zero-order valence-electron chi connectivity index (χ0n) is 13.0. The van der Waals surface area contributed by atoms with E-state index in [0.29, 0.717) is 16.8 Å². The SMILES string of the molecule is Nc1cc(-n2cc(C(=O)O)c(=O)c3c(N)c(F)c(F)c(Cl)c32)c(F)cc1F. The maximum atomic E-state index is 14.3. The highest BCUT2D eigenvalue weighted by atomic mass is 35.5. The van der Waals surface area contributed by atoms with Gasteiger partial charge >= 0.3 is 5.97 Å². The molecule has 2 aromatic carbocycles. The molecular formula is C16H8ClF4N3O3. The number of nitrogens with zero attached hydrogens (tertiary/aromatic N) is 1. The van der Waals surface area contributed by atoms with Gasteiger partial charge in [-0.2, -0.15) is 0 Å². The number of carboxylic acid groups (broad SMARTS) is 1. The van der Waals surface area contributed by atoms with Crippen LogP contribution in [0.15, 0.2) is 23.1 Å². The number of fused-ring (bicyclic) bond motifs is 1. The number of anilines is 2. The van der Waals surface area contributed by atoms with Crippen molar-refractivity contribution >= 4 is 39.8 Å². The summed E-state index contributed by atoms with van der Waals surface area (Å²) in [5.74, 6) is -7.39. The van der Waals surface area contributed by atoms with Gasteiger partial charge in [-0.05, 0) is 6.07 Å². The zero-order valence-corrected chi connectivity index (χ0v) is 13.7. The Morgan fingerprint density at radius 2 is 1.70 bits per heavy atom. The van der Waals surface area contributed by atoms with E-state index in [2.05, 4.69) is 0 Å². The number of hydrogen-bond acceptors (Lipinski definition) is 4. The van der Waals surface area contributed by atoms with Gasteiger partial charge in [0, 0.05) is 12.3 Å². The Hall–Kier alpha value is -3.27. The lowest BCUT2D eigenvalue weighted by atomic mass is 10.1. The summed E-state index contributed by atoms with van der Waals surface area (Å²) in [5.41, 5.74) is 5.94. The zero-order chi connectivity index (χ0) is 20.2. The van der Waals surface area contributed by atoms with E-state index in [0.717, 1.165) is 6.07 Å². The molecule has 5 N–H and O–H groups in total. The number of nitrogens with two attached hydrogens (primary N) is 2. The van der Waals surface area contributed by atoms with Gasteiger partial charge in [0.15, 0.2) is 11.6 Å². The maximum Gasteiger partial charge on any atom is 0.341 e. The summed E-state index contributed by atoms with van der Waals surface area (Å²) in [6.45, 7) is 0. The van der Waals surface area contributed by atoms with E-state index in [9.17, 15) is 32.3 Å². The third-order valence-corrected chi connectivity index (χ3v) is 4.21. The molecule has 11 heteroatoms. The predicted molar refractivity (Wildman–Crippen MR) is 90.2 cm³/mol. The van der Waals surface area contributed by atoms with Gasteiger partial charge in [-0.1, -0.05) is 11.6 Å². The maximum absolute atomic E-state index is 14.3. The number of rotatable bonds is 2. The lowest BCUT2D eigenvalue weighted by Gasteiger charge is -2.17. The summed E-state index contributed by atoms with van der Waals surface area (Å²) in [6.07, 6.45) is 0.630. The van der Waals surface area contributed by atoms with Crippen LogP contribution in [0.1, 0.15) is 10.4 Å². The first kappa shape index (κ1) is 18.5. The summed E-state index contributed by atoms with van der Waals surface area (Å²) in [7, 11) is 0. The smallest absolute Gasteiger partial charge is 0.341 e. The largest absolute Gasteiger partial charge is 0.477 e. The van der Waals surface area contributed by atoms with Crippen molar-refractivity contribution < 1.29 is 27.5 Å². The van der Waals surface area contributed by atoms with E-state index in [-0.39, 0.29) is 0 Å². The molecule has 0 bridgehead atoms. The molecule has 27 heavy (non-hydrogen) atoms. The van der Waals surface area contributed by atoms with Crippen molar-refractivity contribution in [3.05, 3.63) is 62.4 Å². The van der Waals surface area contributed by atoms with E-state index in [4.69, 9.17) is 23.1 Å². The van der Waals surface area contributed by atoms with Gasteiger partial charge in [-0.25, -0.2) is 22.4 Å². The molecule has 140 valence electrons. The topological polar surface area (TPSA) is 111 Å². The number of benzene rings is 2. The van der Waals surface area contributed by atoms with Crippen LogP contribution >= 0.6 is 11.6 Å². The highest BCUT2D eigenvalue weighted by molar-refractivity contribution is 6.36. The number of nitrogen functional groups attached to an aromatic ring is 2.